The second-order valence-electron chi connectivity index (χ2n) is 7.02. The van der Waals surface area contributed by atoms with Gasteiger partial charge in [0.05, 0.1) is 25.3 Å². The molecule has 2 heterocycles. The lowest BCUT2D eigenvalue weighted by molar-refractivity contribution is -0.137. The minimum atomic E-state index is -3.22. The predicted molar refractivity (Wildman–Crippen MR) is 102 cm³/mol. The molecule has 1 atom stereocenters. The molecule has 0 unspecified atom stereocenters. The van der Waals surface area contributed by atoms with E-state index in [2.05, 4.69) is 5.43 Å². The van der Waals surface area contributed by atoms with E-state index in [0.29, 0.717) is 0 Å². The summed E-state index contributed by atoms with van der Waals surface area (Å²) in [4.78, 5) is 36.9. The highest BCUT2D eigenvalue weighted by Crippen LogP contribution is 2.31. The number of rotatable bonds is 6. The standard InChI is InChI=1S/C18H21F4N5O5/c19-12-5-10(26-8-11(32-18(26)31)7-23-17(30)16(21)22)6-13(20)15(12)25-2-1-24-27(4-3-25)14(29)9-28/h5-6,11,16,24,28H,1-4,7-9H2,(H,23,30)/t11-/m0/s1. The van der Waals surface area contributed by atoms with E-state index in [1.54, 1.807) is 0 Å². The summed E-state index contributed by atoms with van der Waals surface area (Å²) in [6.07, 6.45) is -5.13. The van der Waals surface area contributed by atoms with E-state index in [1.807, 2.05) is 5.32 Å². The van der Waals surface area contributed by atoms with E-state index in [9.17, 15) is 31.9 Å². The SMILES string of the molecule is O=C(NC[C@H]1CN(c2cc(F)c(N3CCNN(C(=O)CO)CC3)c(F)c2)C(=O)O1)C(F)F. The summed E-state index contributed by atoms with van der Waals surface area (Å²) >= 11 is 0. The van der Waals surface area contributed by atoms with Gasteiger partial charge in [-0.05, 0) is 0 Å². The van der Waals surface area contributed by atoms with Gasteiger partial charge < -0.3 is 20.1 Å². The number of hydrogen-bond donors (Lipinski definition) is 3. The Bertz CT molecular complexity index is 866. The molecular weight excluding hydrogens is 442 g/mol. The minimum absolute atomic E-state index is 0.0739. The maximum atomic E-state index is 14.8. The molecule has 0 saturated carbocycles. The smallest absolute Gasteiger partial charge is 0.414 e. The van der Waals surface area contributed by atoms with Gasteiger partial charge in [-0.15, -0.1) is 0 Å². The van der Waals surface area contributed by atoms with Crippen molar-refractivity contribution in [1.29, 1.82) is 0 Å². The van der Waals surface area contributed by atoms with Gasteiger partial charge in [0, 0.05) is 31.8 Å². The third-order valence-electron chi connectivity index (χ3n) is 4.92. The number of alkyl halides is 2. The molecule has 2 saturated heterocycles. The quantitative estimate of drug-likeness (QED) is 0.502. The molecule has 32 heavy (non-hydrogen) atoms. The average molecular weight is 463 g/mol. The van der Waals surface area contributed by atoms with Gasteiger partial charge in [0.25, 0.3) is 11.8 Å². The molecule has 1 aromatic rings. The van der Waals surface area contributed by atoms with Crippen LogP contribution < -0.4 is 20.5 Å². The Hall–Kier alpha value is -3.13. The van der Waals surface area contributed by atoms with Gasteiger partial charge in [-0.25, -0.2) is 19.0 Å². The fourth-order valence-corrected chi connectivity index (χ4v) is 3.39. The molecule has 0 aromatic heterocycles. The number of nitrogens with one attached hydrogen (secondary N) is 2. The molecule has 0 bridgehead atoms. The van der Waals surface area contributed by atoms with E-state index in [-0.39, 0.29) is 50.6 Å². The highest BCUT2D eigenvalue weighted by molar-refractivity contribution is 5.90. The number of ether oxygens (including phenoxy) is 1. The van der Waals surface area contributed by atoms with E-state index >= 15 is 0 Å². The molecule has 3 N–H and O–H groups in total. The van der Waals surface area contributed by atoms with Crippen LogP contribution in [0.1, 0.15) is 0 Å². The van der Waals surface area contributed by atoms with Gasteiger partial charge in [0.1, 0.15) is 18.4 Å². The number of anilines is 2. The van der Waals surface area contributed by atoms with Crippen molar-refractivity contribution in [2.24, 2.45) is 0 Å². The van der Waals surface area contributed by atoms with Gasteiger partial charge >= 0.3 is 12.5 Å². The summed E-state index contributed by atoms with van der Waals surface area (Å²) in [5, 5.41) is 12.0. The Balaban J connectivity index is 1.70. The molecule has 1 aromatic carbocycles. The van der Waals surface area contributed by atoms with Crippen LogP contribution in [-0.2, 0) is 14.3 Å². The normalized spacial score (nSPS) is 19.2. The lowest BCUT2D eigenvalue weighted by atomic mass is 10.2. The summed E-state index contributed by atoms with van der Waals surface area (Å²) in [7, 11) is 0. The molecule has 2 aliphatic rings. The maximum absolute atomic E-state index is 14.8. The van der Waals surface area contributed by atoms with Crippen LogP contribution in [-0.4, -0.2) is 86.4 Å². The fraction of sp³-hybridized carbons (Fsp3) is 0.500. The number of cyclic esters (lactones) is 1. The Labute approximate surface area is 179 Å². The molecule has 14 heteroatoms. The Morgan fingerprint density at radius 1 is 1.22 bits per heavy atom. The second-order valence-corrected chi connectivity index (χ2v) is 7.02. The molecule has 3 rings (SSSR count). The first kappa shape index (κ1) is 23.5. The van der Waals surface area contributed by atoms with E-state index in [0.717, 1.165) is 22.0 Å². The Kier molecular flexibility index (Phi) is 7.35. The third kappa shape index (κ3) is 5.19. The van der Waals surface area contributed by atoms with Crippen LogP contribution in [0.3, 0.4) is 0 Å². The van der Waals surface area contributed by atoms with Crippen molar-refractivity contribution in [1.82, 2.24) is 15.8 Å². The van der Waals surface area contributed by atoms with Crippen molar-refractivity contribution in [3.63, 3.8) is 0 Å². The molecule has 176 valence electrons. The molecule has 3 amide bonds. The summed E-state index contributed by atoms with van der Waals surface area (Å²) < 4.78 is 59.1. The monoisotopic (exact) mass is 463 g/mol. The van der Waals surface area contributed by atoms with Crippen LogP contribution in [0.5, 0.6) is 0 Å². The fourth-order valence-electron chi connectivity index (χ4n) is 3.39. The van der Waals surface area contributed by atoms with Crippen LogP contribution in [0.4, 0.5) is 33.7 Å². The number of aliphatic hydroxyl groups excluding tert-OH is 1. The summed E-state index contributed by atoms with van der Waals surface area (Å²) in [5.74, 6) is -4.00. The van der Waals surface area contributed by atoms with Gasteiger partial charge in [-0.2, -0.15) is 8.78 Å². The van der Waals surface area contributed by atoms with Gasteiger partial charge in [0.15, 0.2) is 11.6 Å². The molecule has 0 aliphatic carbocycles. The zero-order valence-electron chi connectivity index (χ0n) is 16.7. The number of amides is 3. The zero-order valence-corrected chi connectivity index (χ0v) is 16.7. The van der Waals surface area contributed by atoms with Crippen molar-refractivity contribution in [3.05, 3.63) is 23.8 Å². The van der Waals surface area contributed by atoms with Crippen molar-refractivity contribution in [2.75, 3.05) is 55.7 Å². The van der Waals surface area contributed by atoms with Crippen LogP contribution in [0.2, 0.25) is 0 Å². The summed E-state index contributed by atoms with van der Waals surface area (Å²) in [6, 6.07) is 1.88. The van der Waals surface area contributed by atoms with Crippen LogP contribution in [0, 0.1) is 11.6 Å². The van der Waals surface area contributed by atoms with Gasteiger partial charge in [-0.3, -0.25) is 19.5 Å². The number of aliphatic hydroxyl groups is 1. The molecule has 10 nitrogen and oxygen atoms in total. The van der Waals surface area contributed by atoms with Crippen LogP contribution >= 0.6 is 0 Å². The number of hydrazine groups is 1. The van der Waals surface area contributed by atoms with Gasteiger partial charge in [-0.1, -0.05) is 0 Å². The average Bonchev–Trinajstić information content (AvgIpc) is 2.95. The number of halogens is 4. The Morgan fingerprint density at radius 2 is 1.91 bits per heavy atom. The van der Waals surface area contributed by atoms with Crippen molar-refractivity contribution in [3.8, 4) is 0 Å². The first-order valence-electron chi connectivity index (χ1n) is 9.64. The number of carbonyl (C=O) groups is 3. The van der Waals surface area contributed by atoms with Crippen molar-refractivity contribution in [2.45, 2.75) is 12.5 Å². The topological polar surface area (TPSA) is 114 Å². The number of carbonyl (C=O) groups excluding carboxylic acids is 3. The zero-order chi connectivity index (χ0) is 23.4. The summed E-state index contributed by atoms with van der Waals surface area (Å²) in [6.45, 7) is -0.765. The molecular formula is C18H21F4N5O5. The largest absolute Gasteiger partial charge is 0.442 e. The lowest BCUT2D eigenvalue weighted by Gasteiger charge is -2.25. The number of benzene rings is 1. The lowest BCUT2D eigenvalue weighted by Crippen LogP contribution is -2.45. The number of hydrogen-bond acceptors (Lipinski definition) is 7. The Morgan fingerprint density at radius 3 is 2.53 bits per heavy atom. The molecule has 0 radical (unpaired) electrons. The highest BCUT2D eigenvalue weighted by atomic mass is 19.3. The molecule has 0 spiro atoms. The number of nitrogens with zero attached hydrogens (tertiary/aromatic N) is 3. The van der Waals surface area contributed by atoms with Crippen molar-refractivity contribution < 1.29 is 41.8 Å². The predicted octanol–water partition coefficient (Wildman–Crippen LogP) is -0.183. The van der Waals surface area contributed by atoms with E-state index in [4.69, 9.17) is 9.84 Å². The minimum Gasteiger partial charge on any atom is -0.442 e. The third-order valence-corrected chi connectivity index (χ3v) is 4.92. The highest BCUT2D eigenvalue weighted by Gasteiger charge is 2.34. The maximum Gasteiger partial charge on any atom is 0.414 e. The first-order chi connectivity index (χ1) is 15.2. The van der Waals surface area contributed by atoms with E-state index in [1.165, 1.54) is 4.90 Å². The second kappa shape index (κ2) is 9.99. The summed E-state index contributed by atoms with van der Waals surface area (Å²) in [5.41, 5.74) is 2.27. The van der Waals surface area contributed by atoms with Crippen LogP contribution in [0.25, 0.3) is 0 Å². The molecule has 2 aliphatic heterocycles. The first-order valence-corrected chi connectivity index (χ1v) is 9.64. The molecule has 2 fully saturated rings. The van der Waals surface area contributed by atoms with Gasteiger partial charge in [0.2, 0.25) is 0 Å². The van der Waals surface area contributed by atoms with E-state index < -0.39 is 48.7 Å². The van der Waals surface area contributed by atoms with Crippen molar-refractivity contribution >= 4 is 29.3 Å². The van der Waals surface area contributed by atoms with Crippen LogP contribution in [0.15, 0.2) is 12.1 Å².